The maximum absolute atomic E-state index is 13.2. The molecule has 1 fully saturated rings. The van der Waals surface area contributed by atoms with E-state index in [2.05, 4.69) is 58.3 Å². The third-order valence-electron chi connectivity index (χ3n) is 8.57. The Hall–Kier alpha value is -3.58. The molecule has 2 atom stereocenters. The van der Waals surface area contributed by atoms with E-state index in [0.29, 0.717) is 11.9 Å². The Labute approximate surface area is 247 Å². The topological polar surface area (TPSA) is 70.1 Å². The minimum absolute atomic E-state index is 0.0250. The molecule has 1 amide bonds. The van der Waals surface area contributed by atoms with Gasteiger partial charge in [0.2, 0.25) is 11.9 Å². The number of hydrogen-bond acceptors (Lipinski definition) is 6. The van der Waals surface area contributed by atoms with Crippen molar-refractivity contribution in [3.8, 4) is 11.3 Å². The number of anilines is 3. The lowest BCUT2D eigenvalue weighted by atomic mass is 9.96. The minimum Gasteiger partial charge on any atom is -0.371 e. The fraction of sp³-hybridized carbons (Fsp3) is 0.382. The van der Waals surface area contributed by atoms with Gasteiger partial charge in [-0.3, -0.25) is 4.79 Å². The molecule has 1 aromatic heterocycles. The smallest absolute Gasteiger partial charge is 0.238 e. The standard InChI is InChI=1S/C34H39N5OS/c1-22-8-7-19-39(21-22)24(3)25-13-15-27(16-14-25)36-34-35-18-17-30(38-34)28-10-6-11-29(23(28)2)37-33(40)32-20-26-9-4-5-12-31(26)41-32/h6,10-11,13-18,22,32H,3-5,7-9,12,19-21H2,1-2H3,(H,37,40)(H,35,36,38). The third kappa shape index (κ3) is 6.20. The first-order chi connectivity index (χ1) is 19.9. The van der Waals surface area contributed by atoms with Crippen LogP contribution in [0.3, 0.4) is 0 Å². The number of aromatic nitrogens is 2. The molecule has 0 radical (unpaired) electrons. The summed E-state index contributed by atoms with van der Waals surface area (Å²) < 4.78 is 0. The van der Waals surface area contributed by atoms with Crippen molar-refractivity contribution >= 4 is 40.7 Å². The van der Waals surface area contributed by atoms with Crippen LogP contribution in [0.5, 0.6) is 0 Å². The number of allylic oxidation sites excluding steroid dienone is 2. The van der Waals surface area contributed by atoms with Crippen molar-refractivity contribution in [2.75, 3.05) is 23.7 Å². The fourth-order valence-corrected chi connectivity index (χ4v) is 7.61. The molecular formula is C34H39N5OS. The summed E-state index contributed by atoms with van der Waals surface area (Å²) in [6.45, 7) is 10.9. The predicted octanol–water partition coefficient (Wildman–Crippen LogP) is 8.17. The van der Waals surface area contributed by atoms with Crippen LogP contribution in [-0.2, 0) is 4.79 Å². The van der Waals surface area contributed by atoms with Gasteiger partial charge in [-0.1, -0.05) is 43.3 Å². The highest BCUT2D eigenvalue weighted by Crippen LogP contribution is 2.45. The van der Waals surface area contributed by atoms with Crippen molar-refractivity contribution in [1.29, 1.82) is 0 Å². The van der Waals surface area contributed by atoms with Crippen molar-refractivity contribution in [2.45, 2.75) is 64.0 Å². The van der Waals surface area contributed by atoms with Gasteiger partial charge in [0.15, 0.2) is 0 Å². The van der Waals surface area contributed by atoms with Crippen molar-refractivity contribution < 1.29 is 4.79 Å². The molecule has 2 aromatic carbocycles. The highest BCUT2D eigenvalue weighted by molar-refractivity contribution is 8.04. The normalized spacial score (nSPS) is 20.5. The molecule has 1 saturated heterocycles. The van der Waals surface area contributed by atoms with E-state index in [-0.39, 0.29) is 11.2 Å². The SMILES string of the molecule is C=C(c1ccc(Nc2nccc(-c3cccc(NC(=O)C4CC5=C(CCCC5)S4)c3C)n2)cc1)N1CCCC(C)C1. The number of carbonyl (C=O) groups is 1. The first-order valence-corrected chi connectivity index (χ1v) is 15.8. The van der Waals surface area contributed by atoms with Crippen molar-refractivity contribution in [3.63, 3.8) is 0 Å². The van der Waals surface area contributed by atoms with Gasteiger partial charge in [0.25, 0.3) is 0 Å². The van der Waals surface area contributed by atoms with Gasteiger partial charge < -0.3 is 15.5 Å². The number of carbonyl (C=O) groups excluding carboxylic acids is 1. The van der Waals surface area contributed by atoms with Crippen molar-refractivity contribution in [1.82, 2.24) is 14.9 Å². The van der Waals surface area contributed by atoms with Crippen LogP contribution in [0.15, 0.2) is 71.8 Å². The lowest BCUT2D eigenvalue weighted by molar-refractivity contribution is -0.115. The Morgan fingerprint density at radius 2 is 1.90 bits per heavy atom. The number of hydrogen-bond donors (Lipinski definition) is 2. The largest absolute Gasteiger partial charge is 0.371 e. The summed E-state index contributed by atoms with van der Waals surface area (Å²) in [4.78, 5) is 26.3. The first-order valence-electron chi connectivity index (χ1n) is 14.9. The quantitative estimate of drug-likeness (QED) is 0.301. The predicted molar refractivity (Wildman–Crippen MR) is 171 cm³/mol. The zero-order valence-electron chi connectivity index (χ0n) is 24.1. The maximum atomic E-state index is 13.2. The zero-order valence-corrected chi connectivity index (χ0v) is 24.9. The summed E-state index contributed by atoms with van der Waals surface area (Å²) in [5, 5.41) is 6.54. The molecule has 2 N–H and O–H groups in total. The highest BCUT2D eigenvalue weighted by Gasteiger charge is 2.31. The van der Waals surface area contributed by atoms with E-state index in [1.165, 1.54) is 36.2 Å². The average Bonchev–Trinajstić information content (AvgIpc) is 3.43. The number of nitrogens with zero attached hydrogens (tertiary/aromatic N) is 3. The number of likely N-dealkylation sites (tertiary alicyclic amines) is 1. The van der Waals surface area contributed by atoms with Crippen LogP contribution in [-0.4, -0.2) is 39.1 Å². The Morgan fingerprint density at radius 3 is 2.71 bits per heavy atom. The van der Waals surface area contributed by atoms with Crippen LogP contribution in [0.4, 0.5) is 17.3 Å². The van der Waals surface area contributed by atoms with Crippen LogP contribution in [0, 0.1) is 12.8 Å². The summed E-state index contributed by atoms with van der Waals surface area (Å²) in [6, 6.07) is 16.2. The molecule has 3 aromatic rings. The Morgan fingerprint density at radius 1 is 1.07 bits per heavy atom. The summed E-state index contributed by atoms with van der Waals surface area (Å²) >= 11 is 1.77. The van der Waals surface area contributed by atoms with Gasteiger partial charge in [0.1, 0.15) is 0 Å². The van der Waals surface area contributed by atoms with Crippen LogP contribution < -0.4 is 10.6 Å². The Bertz CT molecular complexity index is 1460. The molecule has 2 aliphatic heterocycles. The molecule has 41 heavy (non-hydrogen) atoms. The fourth-order valence-electron chi connectivity index (χ4n) is 6.20. The molecule has 0 bridgehead atoms. The Balaban J connectivity index is 1.12. The number of amides is 1. The molecule has 2 unspecified atom stereocenters. The van der Waals surface area contributed by atoms with E-state index >= 15 is 0 Å². The van der Waals surface area contributed by atoms with Crippen LogP contribution in [0.2, 0.25) is 0 Å². The lowest BCUT2D eigenvalue weighted by Crippen LogP contribution is -2.32. The second kappa shape index (κ2) is 12.1. The van der Waals surface area contributed by atoms with E-state index in [9.17, 15) is 4.79 Å². The van der Waals surface area contributed by atoms with E-state index in [1.54, 1.807) is 18.0 Å². The van der Waals surface area contributed by atoms with Crippen LogP contribution in [0.25, 0.3) is 17.0 Å². The van der Waals surface area contributed by atoms with Gasteiger partial charge in [0.05, 0.1) is 10.9 Å². The van der Waals surface area contributed by atoms with Gasteiger partial charge in [-0.05, 0) is 98.1 Å². The molecule has 0 spiro atoms. The van der Waals surface area contributed by atoms with E-state index < -0.39 is 0 Å². The molecule has 212 valence electrons. The van der Waals surface area contributed by atoms with E-state index in [4.69, 9.17) is 4.98 Å². The van der Waals surface area contributed by atoms with Gasteiger partial charge in [0, 0.05) is 41.9 Å². The monoisotopic (exact) mass is 565 g/mol. The average molecular weight is 566 g/mol. The number of nitrogens with one attached hydrogen (secondary N) is 2. The molecule has 1 aliphatic carbocycles. The van der Waals surface area contributed by atoms with E-state index in [1.807, 2.05) is 31.2 Å². The molecule has 7 heteroatoms. The summed E-state index contributed by atoms with van der Waals surface area (Å²) in [5.74, 6) is 1.34. The number of thioether (sulfide) groups is 1. The van der Waals surface area contributed by atoms with Crippen LogP contribution >= 0.6 is 11.8 Å². The van der Waals surface area contributed by atoms with Crippen LogP contribution in [0.1, 0.15) is 63.0 Å². The van der Waals surface area contributed by atoms with Gasteiger partial charge in [-0.15, -0.1) is 11.8 Å². The van der Waals surface area contributed by atoms with Gasteiger partial charge in [-0.25, -0.2) is 9.97 Å². The van der Waals surface area contributed by atoms with Gasteiger partial charge in [-0.2, -0.15) is 0 Å². The third-order valence-corrected chi connectivity index (χ3v) is 10.0. The second-order valence-electron chi connectivity index (χ2n) is 11.6. The van der Waals surface area contributed by atoms with Gasteiger partial charge >= 0.3 is 0 Å². The molecule has 6 nitrogen and oxygen atoms in total. The number of rotatable bonds is 7. The number of benzene rings is 2. The zero-order chi connectivity index (χ0) is 28.3. The molecular weight excluding hydrogens is 526 g/mol. The maximum Gasteiger partial charge on any atom is 0.238 e. The molecule has 6 rings (SSSR count). The summed E-state index contributed by atoms with van der Waals surface area (Å²) in [6.07, 6.45) is 9.97. The lowest BCUT2D eigenvalue weighted by Gasteiger charge is -2.34. The first kappa shape index (κ1) is 27.6. The van der Waals surface area contributed by atoms with Crippen molar-refractivity contribution in [2.24, 2.45) is 5.92 Å². The Kier molecular flexibility index (Phi) is 8.15. The molecule has 3 heterocycles. The minimum atomic E-state index is -0.0250. The summed E-state index contributed by atoms with van der Waals surface area (Å²) in [5.41, 5.74) is 8.29. The molecule has 0 saturated carbocycles. The summed E-state index contributed by atoms with van der Waals surface area (Å²) in [7, 11) is 0. The van der Waals surface area contributed by atoms with Crippen molar-refractivity contribution in [3.05, 3.63) is 82.9 Å². The number of piperidine rings is 1. The molecule has 3 aliphatic rings. The highest BCUT2D eigenvalue weighted by atomic mass is 32.2. The second-order valence-corrected chi connectivity index (χ2v) is 12.9. The van der Waals surface area contributed by atoms with E-state index in [0.717, 1.165) is 71.8 Å².